The quantitative estimate of drug-likeness (QED) is 0.374. The van der Waals surface area contributed by atoms with E-state index in [1.54, 1.807) is 24.3 Å². The minimum absolute atomic E-state index is 0.0310. The highest BCUT2D eigenvalue weighted by Crippen LogP contribution is 2.32. The number of aryl methyl sites for hydroxylation is 1. The van der Waals surface area contributed by atoms with Crippen LogP contribution in [-0.4, -0.2) is 36.0 Å². The molecule has 30 heavy (non-hydrogen) atoms. The average Bonchev–Trinajstić information content (AvgIpc) is 3.00. The molecule has 2 aromatic carbocycles. The minimum atomic E-state index is -3.86. The van der Waals surface area contributed by atoms with Gasteiger partial charge in [0.2, 0.25) is 5.91 Å². The fourth-order valence-electron chi connectivity index (χ4n) is 2.57. The van der Waals surface area contributed by atoms with E-state index in [1.165, 1.54) is 28.8 Å². The number of nitrogens with one attached hydrogen (secondary N) is 2. The number of carbonyl (C=O) groups excluding carboxylic acids is 2. The third kappa shape index (κ3) is 5.54. The van der Waals surface area contributed by atoms with Crippen molar-refractivity contribution < 1.29 is 18.0 Å². The number of hydrogen-bond acceptors (Lipinski definition) is 6. The van der Waals surface area contributed by atoms with Gasteiger partial charge in [-0.15, -0.1) is 4.83 Å². The second-order valence-corrected chi connectivity index (χ2v) is 9.82. The van der Waals surface area contributed by atoms with Crippen LogP contribution < -0.4 is 10.3 Å². The Kier molecular flexibility index (Phi) is 7.03. The Bertz CT molecular complexity index is 1100. The highest BCUT2D eigenvalue weighted by Gasteiger charge is 2.32. The first kappa shape index (κ1) is 22.2. The van der Waals surface area contributed by atoms with Crippen LogP contribution in [0.25, 0.3) is 6.08 Å². The van der Waals surface area contributed by atoms with Crippen molar-refractivity contribution in [2.45, 2.75) is 18.2 Å². The number of sulfonamides is 1. The predicted molar refractivity (Wildman–Crippen MR) is 121 cm³/mol. The van der Waals surface area contributed by atoms with E-state index in [9.17, 15) is 18.0 Å². The van der Waals surface area contributed by atoms with Crippen LogP contribution in [0.5, 0.6) is 0 Å². The first-order chi connectivity index (χ1) is 14.3. The maximum absolute atomic E-state index is 12.6. The van der Waals surface area contributed by atoms with E-state index in [0.717, 1.165) is 11.1 Å². The fraction of sp³-hybridized carbons (Fsp3) is 0.150. The Balaban J connectivity index is 1.55. The van der Waals surface area contributed by atoms with Gasteiger partial charge in [0.05, 0.1) is 9.80 Å². The molecule has 2 aromatic rings. The van der Waals surface area contributed by atoms with Crippen molar-refractivity contribution in [1.82, 2.24) is 15.2 Å². The number of carbonyl (C=O) groups is 2. The lowest BCUT2D eigenvalue weighted by atomic mass is 10.1. The van der Waals surface area contributed by atoms with Crippen molar-refractivity contribution in [3.63, 3.8) is 0 Å². The van der Waals surface area contributed by atoms with E-state index in [4.69, 9.17) is 12.2 Å². The molecule has 0 atom stereocenters. The third-order valence-electron chi connectivity index (χ3n) is 4.19. The standard InChI is InChI=1S/C20H19N3O4S3/c1-14-7-9-15(10-8-14)13-17-19(25)23(20(28)29-17)12-11-18(24)21-22-30(26,27)16-5-3-2-4-6-16/h2-10,13,22H,11-12H2,1H3,(H,21,24)/b17-13+. The number of thiocarbonyl (C=S) groups is 1. The smallest absolute Gasteiger partial charge is 0.266 e. The molecule has 10 heteroatoms. The molecular weight excluding hydrogens is 442 g/mol. The molecule has 2 amide bonds. The summed E-state index contributed by atoms with van der Waals surface area (Å²) in [6.07, 6.45) is 1.65. The van der Waals surface area contributed by atoms with Crippen LogP contribution in [0.4, 0.5) is 0 Å². The lowest BCUT2D eigenvalue weighted by molar-refractivity contribution is -0.124. The summed E-state index contributed by atoms with van der Waals surface area (Å²) in [4.78, 5) is 28.6. The van der Waals surface area contributed by atoms with E-state index >= 15 is 0 Å². The molecular formula is C20H19N3O4S3. The van der Waals surface area contributed by atoms with Gasteiger partial charge in [0, 0.05) is 13.0 Å². The van der Waals surface area contributed by atoms with Crippen LogP contribution in [0.3, 0.4) is 0 Å². The summed E-state index contributed by atoms with van der Waals surface area (Å²) >= 11 is 6.43. The summed E-state index contributed by atoms with van der Waals surface area (Å²) in [7, 11) is -3.86. The Morgan fingerprint density at radius 2 is 1.80 bits per heavy atom. The molecule has 7 nitrogen and oxygen atoms in total. The van der Waals surface area contributed by atoms with E-state index in [2.05, 4.69) is 5.43 Å². The molecule has 3 rings (SSSR count). The Hall–Kier alpha value is -2.53. The molecule has 0 radical (unpaired) electrons. The van der Waals surface area contributed by atoms with E-state index in [0.29, 0.717) is 9.23 Å². The van der Waals surface area contributed by atoms with Gasteiger partial charge >= 0.3 is 0 Å². The second kappa shape index (κ2) is 9.52. The molecule has 1 aliphatic heterocycles. The molecule has 0 unspecified atom stereocenters. The Morgan fingerprint density at radius 1 is 1.13 bits per heavy atom. The van der Waals surface area contributed by atoms with Crippen molar-refractivity contribution in [2.24, 2.45) is 0 Å². The summed E-state index contributed by atoms with van der Waals surface area (Å²) in [6, 6.07) is 15.4. The lowest BCUT2D eigenvalue weighted by Crippen LogP contribution is -2.43. The maximum Gasteiger partial charge on any atom is 0.266 e. The minimum Gasteiger partial charge on any atom is -0.292 e. The molecule has 156 valence electrons. The van der Waals surface area contributed by atoms with Crippen molar-refractivity contribution in [3.05, 3.63) is 70.6 Å². The van der Waals surface area contributed by atoms with Crippen LogP contribution in [0.1, 0.15) is 17.5 Å². The molecule has 1 fully saturated rings. The second-order valence-electron chi connectivity index (χ2n) is 6.46. The Labute approximate surface area is 184 Å². The van der Waals surface area contributed by atoms with Gasteiger partial charge in [-0.1, -0.05) is 72.0 Å². The van der Waals surface area contributed by atoms with E-state index in [-0.39, 0.29) is 23.8 Å². The molecule has 1 aliphatic rings. The zero-order valence-corrected chi connectivity index (χ0v) is 18.4. The van der Waals surface area contributed by atoms with Gasteiger partial charge < -0.3 is 0 Å². The monoisotopic (exact) mass is 461 g/mol. The van der Waals surface area contributed by atoms with E-state index < -0.39 is 15.9 Å². The van der Waals surface area contributed by atoms with Gasteiger partial charge in [0.1, 0.15) is 4.32 Å². The normalized spacial score (nSPS) is 15.6. The molecule has 1 heterocycles. The largest absolute Gasteiger partial charge is 0.292 e. The van der Waals surface area contributed by atoms with Crippen LogP contribution in [0, 0.1) is 6.92 Å². The molecule has 0 spiro atoms. The first-order valence-corrected chi connectivity index (χ1v) is 11.6. The number of thioether (sulfide) groups is 1. The maximum atomic E-state index is 12.6. The van der Waals surface area contributed by atoms with Crippen molar-refractivity contribution in [2.75, 3.05) is 6.54 Å². The molecule has 1 saturated heterocycles. The number of nitrogens with zero attached hydrogens (tertiary/aromatic N) is 1. The van der Waals surface area contributed by atoms with Crippen LogP contribution in [-0.2, 0) is 19.6 Å². The van der Waals surface area contributed by atoms with Crippen molar-refractivity contribution >= 4 is 56.2 Å². The van der Waals surface area contributed by atoms with Crippen LogP contribution in [0.2, 0.25) is 0 Å². The van der Waals surface area contributed by atoms with Gasteiger partial charge in [-0.3, -0.25) is 19.9 Å². The van der Waals surface area contributed by atoms with Gasteiger partial charge in [-0.2, -0.15) is 0 Å². The number of hydrogen-bond donors (Lipinski definition) is 2. The first-order valence-electron chi connectivity index (χ1n) is 8.94. The molecule has 0 bridgehead atoms. The van der Waals surface area contributed by atoms with Crippen molar-refractivity contribution in [1.29, 1.82) is 0 Å². The number of amides is 2. The summed E-state index contributed by atoms with van der Waals surface area (Å²) in [6.45, 7) is 2.03. The number of benzene rings is 2. The summed E-state index contributed by atoms with van der Waals surface area (Å²) in [5.74, 6) is -0.852. The summed E-state index contributed by atoms with van der Waals surface area (Å²) in [5, 5.41) is 0. The molecule has 0 aliphatic carbocycles. The zero-order valence-electron chi connectivity index (χ0n) is 16.0. The van der Waals surface area contributed by atoms with Crippen LogP contribution in [0.15, 0.2) is 64.4 Å². The van der Waals surface area contributed by atoms with E-state index in [1.807, 2.05) is 36.0 Å². The van der Waals surface area contributed by atoms with Gasteiger partial charge in [0.15, 0.2) is 0 Å². The highest BCUT2D eigenvalue weighted by molar-refractivity contribution is 8.26. The number of hydrazine groups is 1. The topological polar surface area (TPSA) is 95.6 Å². The van der Waals surface area contributed by atoms with Crippen LogP contribution >= 0.6 is 24.0 Å². The predicted octanol–water partition coefficient (Wildman–Crippen LogP) is 2.60. The number of rotatable bonds is 7. The fourth-order valence-corrected chi connectivity index (χ4v) is 4.76. The summed E-state index contributed by atoms with van der Waals surface area (Å²) in [5.41, 5.74) is 4.15. The molecule has 0 saturated carbocycles. The molecule has 2 N–H and O–H groups in total. The molecule has 0 aromatic heterocycles. The Morgan fingerprint density at radius 3 is 2.47 bits per heavy atom. The highest BCUT2D eigenvalue weighted by atomic mass is 32.2. The summed E-state index contributed by atoms with van der Waals surface area (Å²) < 4.78 is 24.6. The van der Waals surface area contributed by atoms with Crippen molar-refractivity contribution in [3.8, 4) is 0 Å². The SMILES string of the molecule is Cc1ccc(/C=C2/SC(=S)N(CCC(=O)NNS(=O)(=O)c3ccccc3)C2=O)cc1. The zero-order chi connectivity index (χ0) is 21.7. The van der Waals surface area contributed by atoms with Gasteiger partial charge in [-0.05, 0) is 30.7 Å². The lowest BCUT2D eigenvalue weighted by Gasteiger charge is -2.14. The van der Waals surface area contributed by atoms with Gasteiger partial charge in [0.25, 0.3) is 15.9 Å². The van der Waals surface area contributed by atoms with Gasteiger partial charge in [-0.25, -0.2) is 8.42 Å². The third-order valence-corrected chi connectivity index (χ3v) is 6.83. The average molecular weight is 462 g/mol.